The van der Waals surface area contributed by atoms with Crippen molar-refractivity contribution in [1.82, 2.24) is 19.1 Å². The van der Waals surface area contributed by atoms with Gasteiger partial charge in [0.15, 0.2) is 5.82 Å². The van der Waals surface area contributed by atoms with Gasteiger partial charge in [-0.05, 0) is 59.7 Å². The summed E-state index contributed by atoms with van der Waals surface area (Å²) in [5, 5.41) is 5.92. The highest BCUT2D eigenvalue weighted by molar-refractivity contribution is 6.26. The number of fused-ring (bicyclic) bond motifs is 8. The van der Waals surface area contributed by atoms with Crippen molar-refractivity contribution >= 4 is 54.5 Å². The fourth-order valence-electron chi connectivity index (χ4n) is 8.32. The maximum atomic E-state index is 5.22. The van der Waals surface area contributed by atoms with Gasteiger partial charge in [0.25, 0.3) is 0 Å². The number of rotatable bonds is 5. The van der Waals surface area contributed by atoms with E-state index in [4.69, 9.17) is 9.97 Å². The zero-order valence-electron chi connectivity index (χ0n) is 29.3. The molecule has 0 fully saturated rings. The second-order valence-corrected chi connectivity index (χ2v) is 13.8. The zero-order chi connectivity index (χ0) is 35.6. The number of benzene rings is 8. The van der Waals surface area contributed by atoms with E-state index >= 15 is 0 Å². The molecule has 0 spiro atoms. The van der Waals surface area contributed by atoms with Crippen molar-refractivity contribution in [1.29, 1.82) is 0 Å². The summed E-state index contributed by atoms with van der Waals surface area (Å²) in [5.74, 6) is 0.704. The maximum absolute atomic E-state index is 5.22. The van der Waals surface area contributed by atoms with E-state index in [1.54, 1.807) is 0 Å². The first-order chi connectivity index (χ1) is 26.8. The van der Waals surface area contributed by atoms with E-state index in [0.717, 1.165) is 44.6 Å². The molecule has 0 aliphatic carbocycles. The van der Waals surface area contributed by atoms with E-state index in [9.17, 15) is 0 Å². The Morgan fingerprint density at radius 1 is 0.333 bits per heavy atom. The molecule has 0 unspecified atom stereocenters. The molecule has 11 rings (SSSR count). The first-order valence-corrected chi connectivity index (χ1v) is 18.3. The van der Waals surface area contributed by atoms with Crippen LogP contribution in [0.25, 0.3) is 99.7 Å². The van der Waals surface area contributed by atoms with Crippen LogP contribution in [0.15, 0.2) is 194 Å². The molecule has 0 saturated carbocycles. The van der Waals surface area contributed by atoms with Crippen molar-refractivity contribution in [2.24, 2.45) is 0 Å². The smallest absolute Gasteiger partial charge is 0.160 e. The lowest BCUT2D eigenvalue weighted by molar-refractivity contribution is 1.17. The van der Waals surface area contributed by atoms with E-state index in [1.165, 1.54) is 49.2 Å². The monoisotopic (exact) mass is 688 g/mol. The lowest BCUT2D eigenvalue weighted by Gasteiger charge is -2.13. The lowest BCUT2D eigenvalue weighted by Crippen LogP contribution is -1.98. The fourth-order valence-corrected chi connectivity index (χ4v) is 8.32. The molecule has 11 aromatic rings. The lowest BCUT2D eigenvalue weighted by atomic mass is 10.1. The van der Waals surface area contributed by atoms with E-state index in [2.05, 4.69) is 191 Å². The fraction of sp³-hybridized carbons (Fsp3) is 0. The highest BCUT2D eigenvalue weighted by Gasteiger charge is 2.21. The second kappa shape index (κ2) is 12.1. The summed E-state index contributed by atoms with van der Waals surface area (Å²) >= 11 is 0. The quantitative estimate of drug-likeness (QED) is 0.180. The van der Waals surface area contributed by atoms with Crippen molar-refractivity contribution in [3.63, 3.8) is 0 Å². The Labute approximate surface area is 311 Å². The Hall–Kier alpha value is -7.30. The minimum absolute atomic E-state index is 0.704. The molecule has 0 aliphatic heterocycles. The van der Waals surface area contributed by atoms with Crippen LogP contribution in [0.5, 0.6) is 0 Å². The summed E-state index contributed by atoms with van der Waals surface area (Å²) in [7, 11) is 0. The predicted molar refractivity (Wildman–Crippen MR) is 225 cm³/mol. The van der Waals surface area contributed by atoms with Gasteiger partial charge in [-0.2, -0.15) is 0 Å². The maximum Gasteiger partial charge on any atom is 0.160 e. The molecule has 0 N–H and O–H groups in total. The number of hydrogen-bond acceptors (Lipinski definition) is 2. The van der Waals surface area contributed by atoms with Crippen molar-refractivity contribution in [3.05, 3.63) is 194 Å². The molecule has 4 heteroatoms. The predicted octanol–water partition coefficient (Wildman–Crippen LogP) is 12.8. The first kappa shape index (κ1) is 30.3. The molecule has 0 amide bonds. The van der Waals surface area contributed by atoms with Gasteiger partial charge in [-0.25, -0.2) is 9.97 Å². The molecule has 3 heterocycles. The SMILES string of the molecule is c1ccc(-c2cccc(-n3c4ccccc4c4c3ccc3c5ccccc5n(-c5cccc(-c6nc(-c7ccccc7)c7ccccc7n6)c5)c34)c2)cc1. The summed E-state index contributed by atoms with van der Waals surface area (Å²) in [6.07, 6.45) is 0. The standard InChI is InChI=1S/C50H32N4/c1-3-15-33(16-4-1)35-19-13-21-37(31-35)53-45-28-12-9-25-42(45)47-46(53)30-29-40-39-23-8-11-27-44(39)54(49(40)47)38-22-14-20-36(32-38)50-51-43-26-10-7-24-41(43)48(52-50)34-17-5-2-6-18-34/h1-32H. The number of aromatic nitrogens is 4. The van der Waals surface area contributed by atoms with Gasteiger partial charge in [0.2, 0.25) is 0 Å². The normalized spacial score (nSPS) is 11.7. The summed E-state index contributed by atoms with van der Waals surface area (Å²) in [4.78, 5) is 10.3. The third kappa shape index (κ3) is 4.70. The van der Waals surface area contributed by atoms with Crippen molar-refractivity contribution in [3.8, 4) is 45.1 Å². The van der Waals surface area contributed by atoms with Crippen molar-refractivity contribution in [2.75, 3.05) is 0 Å². The molecule has 0 atom stereocenters. The molecule has 0 aliphatic rings. The van der Waals surface area contributed by atoms with Crippen LogP contribution in [-0.2, 0) is 0 Å². The van der Waals surface area contributed by atoms with Crippen LogP contribution in [0.3, 0.4) is 0 Å². The Bertz CT molecular complexity index is 3210. The van der Waals surface area contributed by atoms with Crippen LogP contribution < -0.4 is 0 Å². The van der Waals surface area contributed by atoms with Gasteiger partial charge < -0.3 is 9.13 Å². The highest BCUT2D eigenvalue weighted by atomic mass is 15.0. The van der Waals surface area contributed by atoms with Gasteiger partial charge in [0.1, 0.15) is 0 Å². The molecule has 0 bridgehead atoms. The Kier molecular flexibility index (Phi) is 6.82. The van der Waals surface area contributed by atoms with Gasteiger partial charge in [0.05, 0.1) is 33.3 Å². The molecule has 0 saturated heterocycles. The Morgan fingerprint density at radius 3 is 1.69 bits per heavy atom. The van der Waals surface area contributed by atoms with Gasteiger partial charge >= 0.3 is 0 Å². The van der Waals surface area contributed by atoms with Crippen LogP contribution in [0, 0.1) is 0 Å². The molecular formula is C50H32N4. The van der Waals surface area contributed by atoms with Crippen LogP contribution in [0.2, 0.25) is 0 Å². The third-order valence-electron chi connectivity index (χ3n) is 10.7. The summed E-state index contributed by atoms with van der Waals surface area (Å²) in [5.41, 5.74) is 13.2. The first-order valence-electron chi connectivity index (χ1n) is 18.3. The Morgan fingerprint density at radius 2 is 0.907 bits per heavy atom. The van der Waals surface area contributed by atoms with Crippen molar-refractivity contribution < 1.29 is 0 Å². The van der Waals surface area contributed by atoms with E-state index < -0.39 is 0 Å². The molecular weight excluding hydrogens is 657 g/mol. The minimum Gasteiger partial charge on any atom is -0.309 e. The van der Waals surface area contributed by atoms with Gasteiger partial charge in [0, 0.05) is 49.4 Å². The van der Waals surface area contributed by atoms with Gasteiger partial charge in [-0.1, -0.05) is 146 Å². The number of nitrogens with zero attached hydrogens (tertiary/aromatic N) is 4. The minimum atomic E-state index is 0.704. The van der Waals surface area contributed by atoms with Gasteiger partial charge in [-0.15, -0.1) is 0 Å². The van der Waals surface area contributed by atoms with Crippen LogP contribution in [0.1, 0.15) is 0 Å². The largest absolute Gasteiger partial charge is 0.309 e. The highest BCUT2D eigenvalue weighted by Crippen LogP contribution is 2.42. The van der Waals surface area contributed by atoms with E-state index in [1.807, 2.05) is 12.1 Å². The third-order valence-corrected chi connectivity index (χ3v) is 10.7. The number of para-hydroxylation sites is 3. The van der Waals surface area contributed by atoms with Crippen molar-refractivity contribution in [2.45, 2.75) is 0 Å². The van der Waals surface area contributed by atoms with E-state index in [0.29, 0.717) is 5.82 Å². The molecule has 3 aromatic heterocycles. The molecule has 252 valence electrons. The molecule has 54 heavy (non-hydrogen) atoms. The van der Waals surface area contributed by atoms with Gasteiger partial charge in [-0.3, -0.25) is 0 Å². The topological polar surface area (TPSA) is 35.6 Å². The van der Waals surface area contributed by atoms with Crippen LogP contribution in [0.4, 0.5) is 0 Å². The average molecular weight is 689 g/mol. The summed E-state index contributed by atoms with van der Waals surface area (Å²) in [6, 6.07) is 69.0. The number of hydrogen-bond donors (Lipinski definition) is 0. The average Bonchev–Trinajstić information content (AvgIpc) is 3.77. The summed E-state index contributed by atoms with van der Waals surface area (Å²) < 4.78 is 4.86. The zero-order valence-corrected chi connectivity index (χ0v) is 29.3. The Balaban J connectivity index is 1.18. The second-order valence-electron chi connectivity index (χ2n) is 13.8. The van der Waals surface area contributed by atoms with Crippen LogP contribution >= 0.6 is 0 Å². The van der Waals surface area contributed by atoms with E-state index in [-0.39, 0.29) is 0 Å². The molecule has 4 nitrogen and oxygen atoms in total. The molecule has 8 aromatic carbocycles. The molecule has 0 radical (unpaired) electrons. The summed E-state index contributed by atoms with van der Waals surface area (Å²) in [6.45, 7) is 0. The van der Waals surface area contributed by atoms with Crippen LogP contribution in [-0.4, -0.2) is 19.1 Å².